The van der Waals surface area contributed by atoms with Crippen LogP contribution in [0.4, 0.5) is 0 Å². The average molecular weight is 244 g/mol. The molecule has 0 aliphatic heterocycles. The van der Waals surface area contributed by atoms with Crippen LogP contribution < -0.4 is 4.74 Å². The molecular weight excluding hydrogens is 220 g/mol. The number of rotatable bonds is 3. The van der Waals surface area contributed by atoms with Gasteiger partial charge >= 0.3 is 0 Å². The molecule has 0 amide bonds. The number of ether oxygens (including phenoxy) is 1. The molecule has 1 rings (SSSR count). The van der Waals surface area contributed by atoms with Gasteiger partial charge in [-0.1, -0.05) is 19.8 Å². The molecule has 2 unspecified atom stereocenters. The SMILES string of the molecule is CC#CC(C)C(C)c1c(C)cc(OC)c(C)c1C. The van der Waals surface area contributed by atoms with Crippen molar-refractivity contribution in [1.82, 2.24) is 0 Å². The van der Waals surface area contributed by atoms with Crippen LogP contribution in [0.2, 0.25) is 0 Å². The summed E-state index contributed by atoms with van der Waals surface area (Å²) in [5.41, 5.74) is 5.29. The van der Waals surface area contributed by atoms with E-state index in [-0.39, 0.29) is 0 Å². The first-order valence-electron chi connectivity index (χ1n) is 6.51. The smallest absolute Gasteiger partial charge is 0.122 e. The second-order valence-corrected chi connectivity index (χ2v) is 5.03. The minimum Gasteiger partial charge on any atom is -0.496 e. The Morgan fingerprint density at radius 3 is 2.22 bits per heavy atom. The van der Waals surface area contributed by atoms with Crippen LogP contribution in [0.3, 0.4) is 0 Å². The quantitative estimate of drug-likeness (QED) is 0.717. The lowest BCUT2D eigenvalue weighted by molar-refractivity contribution is 0.410. The van der Waals surface area contributed by atoms with Gasteiger partial charge in [0, 0.05) is 5.92 Å². The van der Waals surface area contributed by atoms with Crippen LogP contribution in [0.15, 0.2) is 6.07 Å². The Morgan fingerprint density at radius 1 is 1.11 bits per heavy atom. The van der Waals surface area contributed by atoms with Gasteiger partial charge in [-0.15, -0.1) is 5.92 Å². The van der Waals surface area contributed by atoms with Crippen molar-refractivity contribution in [3.8, 4) is 17.6 Å². The standard InChI is InChI=1S/C17H24O/c1-8-9-11(2)13(4)17-12(3)10-16(18-7)14(5)15(17)6/h10-11,13H,1-7H3. The summed E-state index contributed by atoms with van der Waals surface area (Å²) in [6.07, 6.45) is 0. The van der Waals surface area contributed by atoms with E-state index in [1.165, 1.54) is 22.3 Å². The zero-order valence-electron chi connectivity index (χ0n) is 12.6. The van der Waals surface area contributed by atoms with E-state index in [4.69, 9.17) is 4.74 Å². The second-order valence-electron chi connectivity index (χ2n) is 5.03. The van der Waals surface area contributed by atoms with Crippen LogP contribution >= 0.6 is 0 Å². The van der Waals surface area contributed by atoms with Gasteiger partial charge in [0.05, 0.1) is 7.11 Å². The summed E-state index contributed by atoms with van der Waals surface area (Å²) in [7, 11) is 1.73. The molecule has 0 spiro atoms. The highest BCUT2D eigenvalue weighted by Crippen LogP contribution is 2.35. The number of aryl methyl sites for hydroxylation is 1. The molecule has 0 N–H and O–H groups in total. The van der Waals surface area contributed by atoms with Crippen LogP contribution in [0, 0.1) is 38.5 Å². The topological polar surface area (TPSA) is 9.23 Å². The first-order valence-corrected chi connectivity index (χ1v) is 6.51. The lowest BCUT2D eigenvalue weighted by Gasteiger charge is -2.23. The molecule has 0 fully saturated rings. The van der Waals surface area contributed by atoms with Crippen molar-refractivity contribution in [2.75, 3.05) is 7.11 Å². The van der Waals surface area contributed by atoms with E-state index in [1.807, 2.05) is 6.92 Å². The highest BCUT2D eigenvalue weighted by molar-refractivity contribution is 5.49. The zero-order chi connectivity index (χ0) is 13.9. The summed E-state index contributed by atoms with van der Waals surface area (Å²) >= 11 is 0. The van der Waals surface area contributed by atoms with E-state index >= 15 is 0 Å². The normalized spacial score (nSPS) is 13.5. The maximum atomic E-state index is 5.42. The first-order chi connectivity index (χ1) is 8.43. The van der Waals surface area contributed by atoms with Crippen molar-refractivity contribution in [3.63, 3.8) is 0 Å². The highest BCUT2D eigenvalue weighted by Gasteiger charge is 2.19. The van der Waals surface area contributed by atoms with Crippen molar-refractivity contribution in [1.29, 1.82) is 0 Å². The molecule has 0 aromatic heterocycles. The number of methoxy groups -OCH3 is 1. The second kappa shape index (κ2) is 5.96. The lowest BCUT2D eigenvalue weighted by atomic mass is 9.82. The molecule has 0 radical (unpaired) electrons. The molecular formula is C17H24O. The Morgan fingerprint density at radius 2 is 1.72 bits per heavy atom. The Balaban J connectivity index is 3.32. The predicted molar refractivity (Wildman–Crippen MR) is 78.2 cm³/mol. The summed E-state index contributed by atoms with van der Waals surface area (Å²) in [5.74, 6) is 8.09. The van der Waals surface area contributed by atoms with Crippen molar-refractivity contribution in [2.45, 2.75) is 47.5 Å². The third-order valence-electron chi connectivity index (χ3n) is 3.91. The Hall–Kier alpha value is -1.42. The van der Waals surface area contributed by atoms with Crippen LogP contribution in [-0.2, 0) is 0 Å². The molecule has 18 heavy (non-hydrogen) atoms. The minimum absolute atomic E-state index is 0.375. The Bertz CT molecular complexity index is 489. The van der Waals surface area contributed by atoms with Gasteiger partial charge in [-0.3, -0.25) is 0 Å². The minimum atomic E-state index is 0.375. The van der Waals surface area contributed by atoms with Gasteiger partial charge in [0.2, 0.25) is 0 Å². The van der Waals surface area contributed by atoms with Gasteiger partial charge in [-0.25, -0.2) is 0 Å². The van der Waals surface area contributed by atoms with Crippen molar-refractivity contribution in [2.24, 2.45) is 5.92 Å². The Labute approximate surface area is 112 Å². The van der Waals surface area contributed by atoms with Crippen LogP contribution in [-0.4, -0.2) is 7.11 Å². The van der Waals surface area contributed by atoms with Crippen molar-refractivity contribution in [3.05, 3.63) is 28.3 Å². The van der Waals surface area contributed by atoms with Crippen molar-refractivity contribution >= 4 is 0 Å². The molecule has 0 aliphatic rings. The van der Waals surface area contributed by atoms with Crippen LogP contribution in [0.5, 0.6) is 5.75 Å². The van der Waals surface area contributed by atoms with E-state index in [2.05, 4.69) is 52.5 Å². The van der Waals surface area contributed by atoms with Gasteiger partial charge in [-0.2, -0.15) is 0 Å². The molecule has 1 aromatic carbocycles. The molecule has 0 saturated heterocycles. The monoisotopic (exact) mass is 244 g/mol. The number of hydrogen-bond donors (Lipinski definition) is 0. The third-order valence-corrected chi connectivity index (χ3v) is 3.91. The van der Waals surface area contributed by atoms with Gasteiger partial charge in [0.1, 0.15) is 5.75 Å². The Kier molecular flexibility index (Phi) is 4.84. The molecule has 0 heterocycles. The maximum absolute atomic E-state index is 5.42. The summed E-state index contributed by atoms with van der Waals surface area (Å²) in [5, 5.41) is 0. The molecule has 1 nitrogen and oxygen atoms in total. The van der Waals surface area contributed by atoms with Gasteiger partial charge < -0.3 is 4.74 Å². The highest BCUT2D eigenvalue weighted by atomic mass is 16.5. The fourth-order valence-corrected chi connectivity index (χ4v) is 2.58. The first kappa shape index (κ1) is 14.6. The van der Waals surface area contributed by atoms with E-state index in [1.54, 1.807) is 7.11 Å². The van der Waals surface area contributed by atoms with Gasteiger partial charge in [0.25, 0.3) is 0 Å². The average Bonchev–Trinajstić information content (AvgIpc) is 2.34. The summed E-state index contributed by atoms with van der Waals surface area (Å²) in [6.45, 7) is 12.8. The molecule has 0 saturated carbocycles. The fourth-order valence-electron chi connectivity index (χ4n) is 2.58. The van der Waals surface area contributed by atoms with E-state index < -0.39 is 0 Å². The number of hydrogen-bond acceptors (Lipinski definition) is 1. The van der Waals surface area contributed by atoms with Gasteiger partial charge in [-0.05, 0) is 61.9 Å². The van der Waals surface area contributed by atoms with Crippen molar-refractivity contribution < 1.29 is 4.74 Å². The largest absolute Gasteiger partial charge is 0.496 e. The van der Waals surface area contributed by atoms with E-state index in [0.717, 1.165) is 5.75 Å². The molecule has 98 valence electrons. The predicted octanol–water partition coefficient (Wildman–Crippen LogP) is 4.38. The molecule has 2 atom stereocenters. The molecule has 1 heteroatoms. The molecule has 0 bridgehead atoms. The summed E-state index contributed by atoms with van der Waals surface area (Å²) in [6, 6.07) is 2.14. The lowest BCUT2D eigenvalue weighted by Crippen LogP contribution is -2.09. The van der Waals surface area contributed by atoms with Gasteiger partial charge in [0.15, 0.2) is 0 Å². The summed E-state index contributed by atoms with van der Waals surface area (Å²) < 4.78 is 5.42. The maximum Gasteiger partial charge on any atom is 0.122 e. The van der Waals surface area contributed by atoms with E-state index in [0.29, 0.717) is 11.8 Å². The van der Waals surface area contributed by atoms with Crippen LogP contribution in [0.1, 0.15) is 48.9 Å². The van der Waals surface area contributed by atoms with Crippen LogP contribution in [0.25, 0.3) is 0 Å². The fraction of sp³-hybridized carbons (Fsp3) is 0.529. The van der Waals surface area contributed by atoms with E-state index in [9.17, 15) is 0 Å². The molecule has 0 aliphatic carbocycles. The molecule has 1 aromatic rings. The summed E-state index contributed by atoms with van der Waals surface area (Å²) in [4.78, 5) is 0. The third kappa shape index (κ3) is 2.70. The zero-order valence-corrected chi connectivity index (χ0v) is 12.6. The number of benzene rings is 1.